The van der Waals surface area contributed by atoms with Gasteiger partial charge in [0.05, 0.1) is 29.2 Å². The Morgan fingerprint density at radius 3 is 2.89 bits per heavy atom. The molecule has 0 radical (unpaired) electrons. The lowest BCUT2D eigenvalue weighted by Crippen LogP contribution is -2.08. The number of nitrogens with zero attached hydrogens (tertiary/aromatic N) is 2. The van der Waals surface area contributed by atoms with E-state index in [1.807, 2.05) is 0 Å². The number of ether oxygens (including phenoxy) is 1. The van der Waals surface area contributed by atoms with Crippen molar-refractivity contribution in [1.82, 2.24) is 9.55 Å². The molecule has 19 heavy (non-hydrogen) atoms. The molecule has 0 spiro atoms. The Balaban J connectivity index is 2.62. The second kappa shape index (κ2) is 5.40. The normalized spacial score (nSPS) is 10.5. The van der Waals surface area contributed by atoms with Crippen LogP contribution in [0.5, 0.6) is 0 Å². The van der Waals surface area contributed by atoms with Crippen LogP contribution in [0.25, 0.3) is 11.3 Å². The van der Waals surface area contributed by atoms with Gasteiger partial charge in [-0.1, -0.05) is 17.7 Å². The Bertz CT molecular complexity index is 605. The summed E-state index contributed by atoms with van der Waals surface area (Å²) in [5.41, 5.74) is 0.505. The molecule has 2 aromatic rings. The van der Waals surface area contributed by atoms with E-state index >= 15 is 0 Å². The summed E-state index contributed by atoms with van der Waals surface area (Å²) in [6.07, 6.45) is 1.42. The Labute approximate surface area is 114 Å². The zero-order valence-corrected chi connectivity index (χ0v) is 11.2. The zero-order valence-electron chi connectivity index (χ0n) is 10.5. The molecule has 0 atom stereocenters. The minimum atomic E-state index is -0.600. The number of aryl methyl sites for hydroxylation is 1. The van der Waals surface area contributed by atoms with Gasteiger partial charge in [0.1, 0.15) is 5.82 Å². The van der Waals surface area contributed by atoms with Crippen molar-refractivity contribution in [3.8, 4) is 11.3 Å². The molecule has 0 saturated heterocycles. The molecule has 1 aromatic carbocycles. The minimum absolute atomic E-state index is 0.0522. The SMILES string of the molecule is CCOC(=O)c1ncn(C)c1-c1c(F)cccc1Cl. The van der Waals surface area contributed by atoms with Gasteiger partial charge in [-0.3, -0.25) is 0 Å². The molecule has 0 bridgehead atoms. The van der Waals surface area contributed by atoms with Crippen molar-refractivity contribution < 1.29 is 13.9 Å². The molecule has 100 valence electrons. The summed E-state index contributed by atoms with van der Waals surface area (Å²) in [6, 6.07) is 4.34. The highest BCUT2D eigenvalue weighted by Gasteiger charge is 2.23. The maximum atomic E-state index is 13.9. The molecule has 2 rings (SSSR count). The van der Waals surface area contributed by atoms with E-state index in [4.69, 9.17) is 16.3 Å². The predicted molar refractivity (Wildman–Crippen MR) is 69.6 cm³/mol. The summed E-state index contributed by atoms with van der Waals surface area (Å²) >= 11 is 6.01. The van der Waals surface area contributed by atoms with Gasteiger partial charge in [0.2, 0.25) is 0 Å². The maximum Gasteiger partial charge on any atom is 0.359 e. The van der Waals surface area contributed by atoms with Crippen molar-refractivity contribution >= 4 is 17.6 Å². The second-order valence-electron chi connectivity index (χ2n) is 3.87. The third kappa shape index (κ3) is 2.46. The molecule has 6 heteroatoms. The van der Waals surface area contributed by atoms with Crippen molar-refractivity contribution in [2.45, 2.75) is 6.92 Å². The molecule has 0 N–H and O–H groups in total. The minimum Gasteiger partial charge on any atom is -0.461 e. The molecule has 4 nitrogen and oxygen atoms in total. The van der Waals surface area contributed by atoms with Crippen LogP contribution in [0.2, 0.25) is 5.02 Å². The van der Waals surface area contributed by atoms with E-state index in [1.54, 1.807) is 20.0 Å². The number of carbonyl (C=O) groups is 1. The van der Waals surface area contributed by atoms with Crippen LogP contribution in [0.1, 0.15) is 17.4 Å². The van der Waals surface area contributed by atoms with Gasteiger partial charge < -0.3 is 9.30 Å². The Hall–Kier alpha value is -1.88. The van der Waals surface area contributed by atoms with Crippen LogP contribution in [-0.2, 0) is 11.8 Å². The van der Waals surface area contributed by atoms with E-state index in [0.29, 0.717) is 5.69 Å². The fraction of sp³-hybridized carbons (Fsp3) is 0.231. The van der Waals surface area contributed by atoms with Gasteiger partial charge in [0, 0.05) is 7.05 Å². The van der Waals surface area contributed by atoms with Crippen molar-refractivity contribution in [3.05, 3.63) is 41.1 Å². The molecule has 0 amide bonds. The van der Waals surface area contributed by atoms with Crippen molar-refractivity contribution in [1.29, 1.82) is 0 Å². The number of halogens is 2. The molecule has 1 heterocycles. The molecule has 0 fully saturated rings. The number of imidazole rings is 1. The van der Waals surface area contributed by atoms with E-state index in [2.05, 4.69) is 4.98 Å². The number of esters is 1. The summed E-state index contributed by atoms with van der Waals surface area (Å²) in [4.78, 5) is 15.8. The average Bonchev–Trinajstić information content (AvgIpc) is 2.72. The number of rotatable bonds is 3. The molecule has 0 saturated carbocycles. The van der Waals surface area contributed by atoms with E-state index in [1.165, 1.54) is 23.0 Å². The molecule has 0 aliphatic rings. The molecule has 0 aliphatic heterocycles. The van der Waals surface area contributed by atoms with Crippen LogP contribution in [0.3, 0.4) is 0 Å². The lowest BCUT2D eigenvalue weighted by Gasteiger charge is -2.09. The summed E-state index contributed by atoms with van der Waals surface area (Å²) in [5.74, 6) is -1.11. The first-order chi connectivity index (χ1) is 9.06. The Morgan fingerprint density at radius 2 is 2.26 bits per heavy atom. The number of benzene rings is 1. The van der Waals surface area contributed by atoms with Crippen molar-refractivity contribution in [2.24, 2.45) is 7.05 Å². The number of carbonyl (C=O) groups excluding carboxylic acids is 1. The summed E-state index contributed by atoms with van der Waals surface area (Å²) in [5, 5.41) is 0.217. The van der Waals surface area contributed by atoms with Crippen molar-refractivity contribution in [3.63, 3.8) is 0 Å². The van der Waals surface area contributed by atoms with Crippen LogP contribution >= 0.6 is 11.6 Å². The number of hydrogen-bond acceptors (Lipinski definition) is 3. The molecular weight excluding hydrogens is 271 g/mol. The van der Waals surface area contributed by atoms with Crippen molar-refractivity contribution in [2.75, 3.05) is 6.61 Å². The average molecular weight is 283 g/mol. The topological polar surface area (TPSA) is 44.1 Å². The maximum absolute atomic E-state index is 13.9. The Kier molecular flexibility index (Phi) is 3.85. The third-order valence-corrected chi connectivity index (χ3v) is 2.92. The monoisotopic (exact) mass is 282 g/mol. The molecular formula is C13H12ClFN2O2. The van der Waals surface area contributed by atoms with E-state index < -0.39 is 11.8 Å². The third-order valence-electron chi connectivity index (χ3n) is 2.61. The van der Waals surface area contributed by atoms with Crippen LogP contribution in [-0.4, -0.2) is 22.1 Å². The smallest absolute Gasteiger partial charge is 0.359 e. The first-order valence-corrected chi connectivity index (χ1v) is 6.06. The molecule has 0 unspecified atom stereocenters. The van der Waals surface area contributed by atoms with Gasteiger partial charge in [0.25, 0.3) is 0 Å². The second-order valence-corrected chi connectivity index (χ2v) is 4.28. The van der Waals surface area contributed by atoms with E-state index in [9.17, 15) is 9.18 Å². The largest absolute Gasteiger partial charge is 0.461 e. The highest BCUT2D eigenvalue weighted by molar-refractivity contribution is 6.33. The first kappa shape index (κ1) is 13.5. The number of aromatic nitrogens is 2. The highest BCUT2D eigenvalue weighted by Crippen LogP contribution is 2.32. The quantitative estimate of drug-likeness (QED) is 0.813. The predicted octanol–water partition coefficient (Wildman–Crippen LogP) is 3.06. The van der Waals surface area contributed by atoms with E-state index in [0.717, 1.165) is 0 Å². The zero-order chi connectivity index (χ0) is 14.0. The lowest BCUT2D eigenvalue weighted by molar-refractivity contribution is 0.0521. The fourth-order valence-corrected chi connectivity index (χ4v) is 2.05. The first-order valence-electron chi connectivity index (χ1n) is 5.69. The summed E-state index contributed by atoms with van der Waals surface area (Å²) < 4.78 is 20.4. The number of hydrogen-bond donors (Lipinski definition) is 0. The Morgan fingerprint density at radius 1 is 1.53 bits per heavy atom. The van der Waals surface area contributed by atoms with E-state index in [-0.39, 0.29) is 22.9 Å². The van der Waals surface area contributed by atoms with Gasteiger partial charge in [-0.15, -0.1) is 0 Å². The summed E-state index contributed by atoms with van der Waals surface area (Å²) in [7, 11) is 1.66. The van der Waals surface area contributed by atoms with Crippen LogP contribution < -0.4 is 0 Å². The van der Waals surface area contributed by atoms with Crippen LogP contribution in [0.15, 0.2) is 24.5 Å². The van der Waals surface area contributed by atoms with Gasteiger partial charge in [0.15, 0.2) is 5.69 Å². The fourth-order valence-electron chi connectivity index (χ4n) is 1.80. The highest BCUT2D eigenvalue weighted by atomic mass is 35.5. The summed E-state index contributed by atoms with van der Waals surface area (Å²) in [6.45, 7) is 1.91. The molecule has 0 aliphatic carbocycles. The van der Waals surface area contributed by atoms with Gasteiger partial charge >= 0.3 is 5.97 Å². The van der Waals surface area contributed by atoms with Gasteiger partial charge in [-0.2, -0.15) is 0 Å². The van der Waals surface area contributed by atoms with Gasteiger partial charge in [-0.05, 0) is 19.1 Å². The van der Waals surface area contributed by atoms with Crippen LogP contribution in [0.4, 0.5) is 4.39 Å². The van der Waals surface area contributed by atoms with Gasteiger partial charge in [-0.25, -0.2) is 14.2 Å². The lowest BCUT2D eigenvalue weighted by atomic mass is 10.1. The standard InChI is InChI=1S/C13H12ClFN2O2/c1-3-19-13(18)11-12(17(2)7-16-11)10-8(14)5-4-6-9(10)15/h4-7H,3H2,1-2H3. The van der Waals surface area contributed by atoms with Crippen LogP contribution in [0, 0.1) is 5.82 Å². The molecule has 1 aromatic heterocycles.